The molecule has 0 aliphatic rings. The molecule has 0 N–H and O–H groups in total. The number of nitrogens with zero attached hydrogens (tertiary/aromatic N) is 1. The number of benzene rings is 2. The molecule has 0 amide bonds. The summed E-state index contributed by atoms with van der Waals surface area (Å²) in [5.41, 5.74) is 1.86. The Balaban J connectivity index is 1.73. The molecule has 27 heavy (non-hydrogen) atoms. The van der Waals surface area contributed by atoms with Crippen molar-refractivity contribution >= 4 is 41.0 Å². The molecule has 0 saturated heterocycles. The molecule has 0 bridgehead atoms. The van der Waals surface area contributed by atoms with E-state index in [1.165, 1.54) is 0 Å². The Morgan fingerprint density at radius 1 is 1.07 bits per heavy atom. The van der Waals surface area contributed by atoms with Crippen LogP contribution in [0.3, 0.4) is 0 Å². The first-order chi connectivity index (χ1) is 13.1. The van der Waals surface area contributed by atoms with E-state index in [0.717, 1.165) is 11.1 Å². The summed E-state index contributed by atoms with van der Waals surface area (Å²) in [5, 5.41) is 4.41. The third-order valence-corrected chi connectivity index (χ3v) is 3.98. The van der Waals surface area contributed by atoms with Gasteiger partial charge in [0.1, 0.15) is 29.2 Å². The van der Waals surface area contributed by atoms with E-state index in [1.807, 2.05) is 43.3 Å². The molecule has 0 spiro atoms. The van der Waals surface area contributed by atoms with Crippen LogP contribution in [0.1, 0.15) is 17.5 Å². The van der Waals surface area contributed by atoms with Crippen LogP contribution in [0, 0.1) is 6.92 Å². The van der Waals surface area contributed by atoms with Crippen molar-refractivity contribution in [1.29, 1.82) is 0 Å². The zero-order valence-electron chi connectivity index (χ0n) is 14.8. The first-order valence-electron chi connectivity index (χ1n) is 8.33. The van der Waals surface area contributed by atoms with Gasteiger partial charge in [0.15, 0.2) is 0 Å². The van der Waals surface area contributed by atoms with Crippen molar-refractivity contribution in [1.82, 2.24) is 0 Å². The van der Waals surface area contributed by atoms with E-state index in [4.69, 9.17) is 49.1 Å². The molecule has 0 aliphatic heterocycles. The van der Waals surface area contributed by atoms with Crippen LogP contribution in [-0.4, -0.2) is 26.0 Å². The molecular weight excluding hydrogens is 409 g/mol. The lowest BCUT2D eigenvalue weighted by atomic mass is 10.2. The molecule has 0 atom stereocenters. The number of hydrogen-bond donors (Lipinski definition) is 0. The van der Waals surface area contributed by atoms with Gasteiger partial charge in [-0.1, -0.05) is 70.3 Å². The monoisotopic (exact) mass is 427 g/mol. The highest BCUT2D eigenvalue weighted by Crippen LogP contribution is 2.33. The Kier molecular flexibility index (Phi) is 9.32. The third kappa shape index (κ3) is 8.12. The van der Waals surface area contributed by atoms with Gasteiger partial charge in [-0.15, -0.1) is 0 Å². The van der Waals surface area contributed by atoms with E-state index in [2.05, 4.69) is 5.16 Å². The van der Waals surface area contributed by atoms with Gasteiger partial charge in [-0.3, -0.25) is 0 Å². The highest BCUT2D eigenvalue weighted by molar-refractivity contribution is 6.55. The van der Waals surface area contributed by atoms with E-state index in [1.54, 1.807) is 18.4 Å². The maximum Gasteiger partial charge on any atom is 0.141 e. The molecule has 144 valence electrons. The van der Waals surface area contributed by atoms with Crippen LogP contribution in [0.15, 0.2) is 58.2 Å². The highest BCUT2D eigenvalue weighted by Gasteiger charge is 2.09. The Morgan fingerprint density at radius 3 is 2.56 bits per heavy atom. The molecule has 0 radical (unpaired) electrons. The van der Waals surface area contributed by atoms with E-state index < -0.39 is 0 Å². The molecular formula is C20H20Cl3NO3. The molecule has 0 fully saturated rings. The quantitative estimate of drug-likeness (QED) is 0.258. The molecule has 2 aromatic rings. The van der Waals surface area contributed by atoms with Crippen LogP contribution in [0.2, 0.25) is 5.02 Å². The Morgan fingerprint density at radius 2 is 1.85 bits per heavy atom. The van der Waals surface area contributed by atoms with Crippen molar-refractivity contribution in [3.63, 3.8) is 0 Å². The number of ether oxygens (including phenoxy) is 2. The van der Waals surface area contributed by atoms with Gasteiger partial charge in [0, 0.05) is 12.5 Å². The van der Waals surface area contributed by atoms with E-state index >= 15 is 0 Å². The van der Waals surface area contributed by atoms with Gasteiger partial charge in [-0.2, -0.15) is 0 Å². The average molecular weight is 429 g/mol. The fourth-order valence-electron chi connectivity index (χ4n) is 2.15. The largest absolute Gasteiger partial charge is 0.492 e. The normalized spacial score (nSPS) is 10.7. The van der Waals surface area contributed by atoms with E-state index in [0.29, 0.717) is 36.2 Å². The molecule has 0 unspecified atom stereocenters. The zero-order valence-corrected chi connectivity index (χ0v) is 17.1. The van der Waals surface area contributed by atoms with Crippen molar-refractivity contribution in [2.45, 2.75) is 13.3 Å². The SMILES string of the molecule is Cc1cc(OCC=C(Cl)Cl)cc(Cl)c1OCCCO/N=C/c1ccccc1. The molecule has 0 aromatic heterocycles. The minimum Gasteiger partial charge on any atom is -0.492 e. The number of rotatable bonds is 10. The minimum atomic E-state index is 0.160. The fraction of sp³-hybridized carbons (Fsp3) is 0.250. The van der Waals surface area contributed by atoms with Crippen LogP contribution in [0.5, 0.6) is 11.5 Å². The van der Waals surface area contributed by atoms with Crippen LogP contribution < -0.4 is 9.47 Å². The summed E-state index contributed by atoms with van der Waals surface area (Å²) in [6.45, 7) is 3.08. The number of aryl methyl sites for hydroxylation is 1. The van der Waals surface area contributed by atoms with Gasteiger partial charge < -0.3 is 14.3 Å². The second-order valence-electron chi connectivity index (χ2n) is 5.54. The fourth-order valence-corrected chi connectivity index (χ4v) is 2.59. The van der Waals surface area contributed by atoms with Crippen molar-refractivity contribution in [3.05, 3.63) is 69.2 Å². The molecule has 7 heteroatoms. The number of halogens is 3. The van der Waals surface area contributed by atoms with Crippen LogP contribution in [0.25, 0.3) is 0 Å². The molecule has 2 aromatic carbocycles. The minimum absolute atomic E-state index is 0.160. The first kappa shape index (κ1) is 21.4. The first-order valence-corrected chi connectivity index (χ1v) is 9.47. The Bertz CT molecular complexity index is 752. The smallest absolute Gasteiger partial charge is 0.141 e. The summed E-state index contributed by atoms with van der Waals surface area (Å²) >= 11 is 17.4. The molecule has 4 nitrogen and oxygen atoms in total. The predicted molar refractivity (Wildman–Crippen MR) is 112 cm³/mol. The van der Waals surface area contributed by atoms with E-state index in [9.17, 15) is 0 Å². The van der Waals surface area contributed by atoms with Gasteiger partial charge in [0.25, 0.3) is 0 Å². The van der Waals surface area contributed by atoms with Gasteiger partial charge in [-0.25, -0.2) is 0 Å². The average Bonchev–Trinajstić information content (AvgIpc) is 2.63. The summed E-state index contributed by atoms with van der Waals surface area (Å²) in [6.07, 6.45) is 3.91. The van der Waals surface area contributed by atoms with Gasteiger partial charge in [0.05, 0.1) is 17.8 Å². The number of oxime groups is 1. The maximum atomic E-state index is 6.28. The third-order valence-electron chi connectivity index (χ3n) is 3.39. The lowest BCUT2D eigenvalue weighted by Gasteiger charge is -2.13. The standard InChI is InChI=1S/C20H20Cl3NO3/c1-15-12-17(25-11-8-19(22)23)13-18(21)20(15)26-9-5-10-27-24-14-16-6-3-2-4-7-16/h2-4,6-8,12-14H,5,9-11H2,1H3/b24-14+. The summed E-state index contributed by atoms with van der Waals surface area (Å²) < 4.78 is 11.4. The van der Waals surface area contributed by atoms with Gasteiger partial charge >= 0.3 is 0 Å². The van der Waals surface area contributed by atoms with Crippen LogP contribution in [-0.2, 0) is 4.84 Å². The summed E-state index contributed by atoms with van der Waals surface area (Å²) in [4.78, 5) is 5.23. The van der Waals surface area contributed by atoms with E-state index in [-0.39, 0.29) is 11.1 Å². The molecule has 0 saturated carbocycles. The highest BCUT2D eigenvalue weighted by atomic mass is 35.5. The maximum absolute atomic E-state index is 6.28. The number of hydrogen-bond acceptors (Lipinski definition) is 4. The van der Waals surface area contributed by atoms with Crippen molar-refractivity contribution in [3.8, 4) is 11.5 Å². The lowest BCUT2D eigenvalue weighted by molar-refractivity contribution is 0.129. The summed E-state index contributed by atoms with van der Waals surface area (Å²) in [5.74, 6) is 1.25. The van der Waals surface area contributed by atoms with Crippen molar-refractivity contribution in [2.24, 2.45) is 5.16 Å². The zero-order chi connectivity index (χ0) is 19.5. The predicted octanol–water partition coefficient (Wildman–Crippen LogP) is 6.17. The van der Waals surface area contributed by atoms with Crippen molar-refractivity contribution in [2.75, 3.05) is 19.8 Å². The molecule has 0 heterocycles. The topological polar surface area (TPSA) is 40.0 Å². The van der Waals surface area contributed by atoms with Crippen LogP contribution in [0.4, 0.5) is 0 Å². The molecule has 0 aliphatic carbocycles. The van der Waals surface area contributed by atoms with Gasteiger partial charge in [0.2, 0.25) is 0 Å². The van der Waals surface area contributed by atoms with Crippen LogP contribution >= 0.6 is 34.8 Å². The van der Waals surface area contributed by atoms with Gasteiger partial charge in [-0.05, 0) is 30.2 Å². The Labute approximate surface area is 174 Å². The van der Waals surface area contributed by atoms with Crippen molar-refractivity contribution < 1.29 is 14.3 Å². The summed E-state index contributed by atoms with van der Waals surface area (Å²) in [6, 6.07) is 13.3. The second kappa shape index (κ2) is 11.8. The Hall–Kier alpha value is -1.88. The summed E-state index contributed by atoms with van der Waals surface area (Å²) in [7, 11) is 0. The second-order valence-corrected chi connectivity index (χ2v) is 6.95. The molecule has 2 rings (SSSR count). The lowest BCUT2D eigenvalue weighted by Crippen LogP contribution is -2.03.